The normalized spacial score (nSPS) is 14.2. The van der Waals surface area contributed by atoms with Gasteiger partial charge in [-0.1, -0.05) is 12.1 Å². The van der Waals surface area contributed by atoms with Crippen LogP contribution in [-0.4, -0.2) is 40.0 Å². The van der Waals surface area contributed by atoms with Crippen molar-refractivity contribution in [2.75, 3.05) is 26.5 Å². The van der Waals surface area contributed by atoms with E-state index in [9.17, 15) is 13.5 Å². The Morgan fingerprint density at radius 3 is 2.78 bits per heavy atom. The van der Waals surface area contributed by atoms with Crippen LogP contribution in [0.4, 0.5) is 0 Å². The van der Waals surface area contributed by atoms with Crippen LogP contribution in [0.1, 0.15) is 17.2 Å². The van der Waals surface area contributed by atoms with Gasteiger partial charge < -0.3 is 24.6 Å². The Balaban J connectivity index is 1.46. The monoisotopic (exact) mass is 394 g/mol. The quantitative estimate of drug-likeness (QED) is 0.573. The summed E-state index contributed by atoms with van der Waals surface area (Å²) in [6.45, 7) is 3.01. The second kappa shape index (κ2) is 8.13. The van der Waals surface area contributed by atoms with Crippen LogP contribution < -0.4 is 24.7 Å². The molecular weight excluding hydrogens is 372 g/mol. The first-order chi connectivity index (χ1) is 12.8. The van der Waals surface area contributed by atoms with Crippen molar-refractivity contribution < 1.29 is 27.7 Å². The van der Waals surface area contributed by atoms with Gasteiger partial charge in [0.2, 0.25) is 16.8 Å². The van der Waals surface area contributed by atoms with E-state index < -0.39 is 16.1 Å². The standard InChI is InChI=1S/C18H22N2O6S/c1-12-2-3-13(8-18(12)27(19,22)23)15(21)10-20-6-7-24-14-4-5-16-17(9-14)26-11-25-16/h2-5,8-9,15,20-21H,6-7,10-11H2,1H3,(H2,19,22,23). The number of primary sulfonamides is 1. The summed E-state index contributed by atoms with van der Waals surface area (Å²) in [5.41, 5.74) is 1.02. The van der Waals surface area contributed by atoms with Crippen molar-refractivity contribution in [1.29, 1.82) is 0 Å². The van der Waals surface area contributed by atoms with Gasteiger partial charge in [0.1, 0.15) is 12.4 Å². The summed E-state index contributed by atoms with van der Waals surface area (Å²) in [4.78, 5) is 0.0187. The van der Waals surface area contributed by atoms with Crippen molar-refractivity contribution >= 4 is 10.0 Å². The number of ether oxygens (including phenoxy) is 3. The number of aryl methyl sites for hydroxylation is 1. The molecule has 0 fully saturated rings. The van der Waals surface area contributed by atoms with Crippen molar-refractivity contribution in [3.05, 3.63) is 47.5 Å². The summed E-state index contributed by atoms with van der Waals surface area (Å²) in [5, 5.41) is 18.5. The van der Waals surface area contributed by atoms with E-state index >= 15 is 0 Å². The fourth-order valence-electron chi connectivity index (χ4n) is 2.69. The van der Waals surface area contributed by atoms with Gasteiger partial charge in [0.15, 0.2) is 11.5 Å². The van der Waals surface area contributed by atoms with Crippen molar-refractivity contribution in [2.45, 2.75) is 17.9 Å². The zero-order valence-electron chi connectivity index (χ0n) is 14.8. The number of fused-ring (bicyclic) bond motifs is 1. The molecule has 2 aromatic carbocycles. The SMILES string of the molecule is Cc1ccc(C(O)CNCCOc2ccc3c(c2)OCO3)cc1S(N)(=O)=O. The Morgan fingerprint density at radius 1 is 1.22 bits per heavy atom. The lowest BCUT2D eigenvalue weighted by molar-refractivity contribution is 0.171. The Labute approximate surface area is 157 Å². The molecule has 1 aliphatic heterocycles. The van der Waals surface area contributed by atoms with E-state index in [1.165, 1.54) is 6.07 Å². The molecule has 1 heterocycles. The molecule has 0 bridgehead atoms. The lowest BCUT2D eigenvalue weighted by atomic mass is 10.1. The molecule has 0 saturated heterocycles. The Bertz CT molecular complexity index is 916. The zero-order valence-corrected chi connectivity index (χ0v) is 15.7. The fraction of sp³-hybridized carbons (Fsp3) is 0.333. The maximum absolute atomic E-state index is 11.6. The van der Waals surface area contributed by atoms with E-state index in [0.29, 0.717) is 41.5 Å². The van der Waals surface area contributed by atoms with E-state index in [1.807, 2.05) is 0 Å². The van der Waals surface area contributed by atoms with Crippen LogP contribution in [0.25, 0.3) is 0 Å². The molecule has 0 aromatic heterocycles. The molecule has 3 rings (SSSR count). The third-order valence-corrected chi connectivity index (χ3v) is 5.19. The molecule has 0 radical (unpaired) electrons. The van der Waals surface area contributed by atoms with E-state index in [2.05, 4.69) is 5.32 Å². The Kier molecular flexibility index (Phi) is 5.85. The molecule has 9 heteroatoms. The number of hydrogen-bond acceptors (Lipinski definition) is 7. The zero-order chi connectivity index (χ0) is 19.4. The molecule has 1 unspecified atom stereocenters. The molecule has 0 amide bonds. The van der Waals surface area contributed by atoms with Crippen molar-refractivity contribution in [1.82, 2.24) is 5.32 Å². The van der Waals surface area contributed by atoms with Gasteiger partial charge in [0, 0.05) is 19.2 Å². The summed E-state index contributed by atoms with van der Waals surface area (Å²) in [6, 6.07) is 10.1. The molecule has 0 saturated carbocycles. The third-order valence-electron chi connectivity index (χ3n) is 4.13. The van der Waals surface area contributed by atoms with Crippen molar-refractivity contribution in [3.63, 3.8) is 0 Å². The second-order valence-corrected chi connectivity index (χ2v) is 7.68. The summed E-state index contributed by atoms with van der Waals surface area (Å²) in [5.74, 6) is 2.01. The molecule has 4 N–H and O–H groups in total. The lowest BCUT2D eigenvalue weighted by Crippen LogP contribution is -2.26. The number of aliphatic hydroxyl groups excluding tert-OH is 1. The predicted molar refractivity (Wildman–Crippen MR) is 98.4 cm³/mol. The van der Waals surface area contributed by atoms with Crippen molar-refractivity contribution in [3.8, 4) is 17.2 Å². The minimum atomic E-state index is -3.82. The van der Waals surface area contributed by atoms with E-state index in [-0.39, 0.29) is 18.2 Å². The molecular formula is C18H22N2O6S. The topological polar surface area (TPSA) is 120 Å². The van der Waals surface area contributed by atoms with Crippen LogP contribution in [-0.2, 0) is 10.0 Å². The van der Waals surface area contributed by atoms with Crippen LogP contribution in [0.5, 0.6) is 17.2 Å². The summed E-state index contributed by atoms with van der Waals surface area (Å²) < 4.78 is 39.3. The van der Waals surface area contributed by atoms with Crippen LogP contribution in [0.15, 0.2) is 41.3 Å². The molecule has 0 aliphatic carbocycles. The molecule has 27 heavy (non-hydrogen) atoms. The van der Waals surface area contributed by atoms with Gasteiger partial charge >= 0.3 is 0 Å². The van der Waals surface area contributed by atoms with Gasteiger partial charge in [-0.25, -0.2) is 13.6 Å². The summed E-state index contributed by atoms with van der Waals surface area (Å²) in [6.07, 6.45) is -0.864. The van der Waals surface area contributed by atoms with Gasteiger partial charge in [0.05, 0.1) is 11.0 Å². The number of sulfonamides is 1. The highest BCUT2D eigenvalue weighted by molar-refractivity contribution is 7.89. The maximum Gasteiger partial charge on any atom is 0.238 e. The number of hydrogen-bond donors (Lipinski definition) is 3. The largest absolute Gasteiger partial charge is 0.492 e. The number of rotatable bonds is 8. The molecule has 146 valence electrons. The maximum atomic E-state index is 11.6. The highest BCUT2D eigenvalue weighted by atomic mass is 32.2. The molecule has 8 nitrogen and oxygen atoms in total. The van der Waals surface area contributed by atoms with Gasteiger partial charge in [0.25, 0.3) is 0 Å². The van der Waals surface area contributed by atoms with Crippen LogP contribution in [0.2, 0.25) is 0 Å². The second-order valence-electron chi connectivity index (χ2n) is 6.15. The molecule has 1 aliphatic rings. The molecule has 0 spiro atoms. The summed E-state index contributed by atoms with van der Waals surface area (Å²) >= 11 is 0. The lowest BCUT2D eigenvalue weighted by Gasteiger charge is -2.14. The average molecular weight is 394 g/mol. The number of nitrogens with one attached hydrogen (secondary N) is 1. The smallest absolute Gasteiger partial charge is 0.238 e. The first-order valence-electron chi connectivity index (χ1n) is 8.39. The van der Waals surface area contributed by atoms with Crippen LogP contribution >= 0.6 is 0 Å². The number of nitrogens with two attached hydrogens (primary N) is 1. The predicted octanol–water partition coefficient (Wildman–Crippen LogP) is 1.07. The summed E-state index contributed by atoms with van der Waals surface area (Å²) in [7, 11) is -3.82. The highest BCUT2D eigenvalue weighted by Crippen LogP contribution is 2.35. The molecule has 2 aromatic rings. The van der Waals surface area contributed by atoms with Gasteiger partial charge in [-0.3, -0.25) is 0 Å². The van der Waals surface area contributed by atoms with E-state index in [4.69, 9.17) is 19.3 Å². The minimum absolute atomic E-state index is 0.0187. The van der Waals surface area contributed by atoms with E-state index in [0.717, 1.165) is 0 Å². The Hall–Kier alpha value is -2.33. The Morgan fingerprint density at radius 2 is 2.00 bits per heavy atom. The van der Waals surface area contributed by atoms with Crippen LogP contribution in [0.3, 0.4) is 0 Å². The average Bonchev–Trinajstić information content (AvgIpc) is 3.08. The van der Waals surface area contributed by atoms with Gasteiger partial charge in [-0.2, -0.15) is 0 Å². The van der Waals surface area contributed by atoms with Crippen molar-refractivity contribution in [2.24, 2.45) is 5.14 Å². The number of aliphatic hydroxyl groups is 1. The van der Waals surface area contributed by atoms with Gasteiger partial charge in [-0.05, 0) is 36.2 Å². The first-order valence-corrected chi connectivity index (χ1v) is 9.94. The third kappa shape index (κ3) is 4.89. The highest BCUT2D eigenvalue weighted by Gasteiger charge is 2.16. The minimum Gasteiger partial charge on any atom is -0.492 e. The van der Waals surface area contributed by atoms with Gasteiger partial charge in [-0.15, -0.1) is 0 Å². The molecule has 1 atom stereocenters. The first kappa shape index (κ1) is 19.4. The fourth-order valence-corrected chi connectivity index (χ4v) is 3.51. The van der Waals surface area contributed by atoms with E-state index in [1.54, 1.807) is 37.3 Å². The number of benzene rings is 2. The van der Waals surface area contributed by atoms with Crippen LogP contribution in [0, 0.1) is 6.92 Å².